The highest BCUT2D eigenvalue weighted by Crippen LogP contribution is 2.34. The second kappa shape index (κ2) is 7.26. The van der Waals surface area contributed by atoms with Gasteiger partial charge in [-0.15, -0.1) is 0 Å². The Hall–Kier alpha value is -0.380. The van der Waals surface area contributed by atoms with Crippen LogP contribution in [-0.2, 0) is 0 Å². The van der Waals surface area contributed by atoms with E-state index in [4.69, 9.17) is 11.6 Å². The molecule has 1 aromatic carbocycles. The molecule has 1 heterocycles. The third kappa shape index (κ3) is 4.54. The lowest BCUT2D eigenvalue weighted by atomic mass is 10.1. The van der Waals surface area contributed by atoms with Crippen LogP contribution in [0.15, 0.2) is 18.2 Å². The molecule has 0 saturated carbocycles. The summed E-state index contributed by atoms with van der Waals surface area (Å²) < 4.78 is 0.387. The zero-order valence-corrected chi connectivity index (χ0v) is 15.2. The zero-order valence-electron chi connectivity index (χ0n) is 13.6. The van der Waals surface area contributed by atoms with Crippen molar-refractivity contribution in [2.75, 3.05) is 30.3 Å². The lowest BCUT2D eigenvalue weighted by Gasteiger charge is -2.25. The van der Waals surface area contributed by atoms with E-state index < -0.39 is 0 Å². The van der Waals surface area contributed by atoms with Gasteiger partial charge in [0.15, 0.2) is 0 Å². The predicted molar refractivity (Wildman–Crippen MR) is 96.9 cm³/mol. The number of halogens is 1. The maximum Gasteiger partial charge on any atom is 0.0474 e. The van der Waals surface area contributed by atoms with Gasteiger partial charge in [-0.1, -0.05) is 38.4 Å². The molecule has 1 fully saturated rings. The van der Waals surface area contributed by atoms with Crippen molar-refractivity contribution in [1.82, 2.24) is 5.32 Å². The first-order valence-corrected chi connectivity index (χ1v) is 9.21. The van der Waals surface area contributed by atoms with Gasteiger partial charge in [-0.2, -0.15) is 11.8 Å². The smallest absolute Gasteiger partial charge is 0.0474 e. The summed E-state index contributed by atoms with van der Waals surface area (Å²) in [7, 11) is 0. The molecule has 0 amide bonds. The summed E-state index contributed by atoms with van der Waals surface area (Å²) in [6, 6.07) is 6.83. The van der Waals surface area contributed by atoms with E-state index >= 15 is 0 Å². The average molecular weight is 327 g/mol. The van der Waals surface area contributed by atoms with E-state index in [0.29, 0.717) is 10.8 Å². The molecule has 1 N–H and O–H groups in total. The van der Waals surface area contributed by atoms with Crippen molar-refractivity contribution in [3.05, 3.63) is 28.8 Å². The summed E-state index contributed by atoms with van der Waals surface area (Å²) in [5, 5.41) is 4.29. The largest absolute Gasteiger partial charge is 0.371 e. The molecule has 1 saturated heterocycles. The van der Waals surface area contributed by atoms with Crippen molar-refractivity contribution >= 4 is 29.1 Å². The molecule has 4 heteroatoms. The maximum atomic E-state index is 6.50. The number of rotatable bonds is 4. The Morgan fingerprint density at radius 1 is 1.38 bits per heavy atom. The molecule has 1 aliphatic rings. The first-order chi connectivity index (χ1) is 9.93. The Labute approximate surface area is 138 Å². The van der Waals surface area contributed by atoms with E-state index in [1.807, 2.05) is 0 Å². The summed E-state index contributed by atoms with van der Waals surface area (Å²) in [6.45, 7) is 12.1. The van der Waals surface area contributed by atoms with Gasteiger partial charge >= 0.3 is 0 Å². The number of hydrogen-bond donors (Lipinski definition) is 1. The number of benzene rings is 1. The van der Waals surface area contributed by atoms with Gasteiger partial charge in [0.25, 0.3) is 0 Å². The quantitative estimate of drug-likeness (QED) is 0.861. The first-order valence-electron chi connectivity index (χ1n) is 7.84. The third-order valence-electron chi connectivity index (χ3n) is 4.16. The molecule has 0 aliphatic carbocycles. The van der Waals surface area contributed by atoms with Gasteiger partial charge in [-0.25, -0.2) is 0 Å². The minimum absolute atomic E-state index is 0.301. The minimum Gasteiger partial charge on any atom is -0.371 e. The third-order valence-corrected chi connectivity index (χ3v) is 5.86. The molecule has 1 aromatic rings. The molecule has 0 bridgehead atoms. The fourth-order valence-corrected chi connectivity index (χ4v) is 4.20. The van der Waals surface area contributed by atoms with Gasteiger partial charge in [-0.3, -0.25) is 0 Å². The lowest BCUT2D eigenvalue weighted by Crippen LogP contribution is -2.27. The summed E-state index contributed by atoms with van der Waals surface area (Å²) in [4.78, 5) is 2.47. The molecule has 0 radical (unpaired) electrons. The van der Waals surface area contributed by atoms with E-state index in [1.165, 1.54) is 23.4 Å². The van der Waals surface area contributed by atoms with Crippen LogP contribution in [0.1, 0.15) is 45.7 Å². The Morgan fingerprint density at radius 2 is 2.14 bits per heavy atom. The zero-order chi connectivity index (χ0) is 15.5. The standard InChI is InChI=1S/C17H27ClN2S/c1-5-19-13(2)15-7-6-14(12-16(15)18)20-9-8-17(3,4)21-11-10-20/h6-7,12-13,19H,5,8-11H2,1-4H3. The van der Waals surface area contributed by atoms with Crippen LogP contribution in [0.5, 0.6) is 0 Å². The molecule has 0 aromatic heterocycles. The predicted octanol–water partition coefficient (Wildman–Crippen LogP) is 4.73. The lowest BCUT2D eigenvalue weighted by molar-refractivity contribution is 0.598. The topological polar surface area (TPSA) is 15.3 Å². The van der Waals surface area contributed by atoms with Gasteiger partial charge in [0, 0.05) is 40.3 Å². The van der Waals surface area contributed by atoms with Crippen molar-refractivity contribution in [3.8, 4) is 0 Å². The monoisotopic (exact) mass is 326 g/mol. The van der Waals surface area contributed by atoms with Gasteiger partial charge in [-0.05, 0) is 37.6 Å². The summed E-state index contributed by atoms with van der Waals surface area (Å²) >= 11 is 8.58. The van der Waals surface area contributed by atoms with Gasteiger partial charge < -0.3 is 10.2 Å². The highest BCUT2D eigenvalue weighted by Gasteiger charge is 2.24. The van der Waals surface area contributed by atoms with Crippen LogP contribution >= 0.6 is 23.4 Å². The van der Waals surface area contributed by atoms with Crippen molar-refractivity contribution < 1.29 is 0 Å². The normalized spacial score (nSPS) is 20.1. The van der Waals surface area contributed by atoms with E-state index in [0.717, 1.165) is 24.7 Å². The molecule has 1 aliphatic heterocycles. The Balaban J connectivity index is 2.12. The molecular formula is C17H27ClN2S. The van der Waals surface area contributed by atoms with Gasteiger partial charge in [0.1, 0.15) is 0 Å². The number of nitrogens with zero attached hydrogens (tertiary/aromatic N) is 1. The second-order valence-electron chi connectivity index (χ2n) is 6.33. The summed E-state index contributed by atoms with van der Waals surface area (Å²) in [6.07, 6.45) is 1.21. The molecule has 2 nitrogen and oxygen atoms in total. The van der Waals surface area contributed by atoms with Gasteiger partial charge in [0.05, 0.1) is 0 Å². The Morgan fingerprint density at radius 3 is 2.81 bits per heavy atom. The van der Waals surface area contributed by atoms with E-state index in [9.17, 15) is 0 Å². The van der Waals surface area contributed by atoms with E-state index in [2.05, 4.69) is 67.9 Å². The van der Waals surface area contributed by atoms with Crippen LogP contribution in [-0.4, -0.2) is 30.1 Å². The number of hydrogen-bond acceptors (Lipinski definition) is 3. The van der Waals surface area contributed by atoms with Crippen LogP contribution < -0.4 is 10.2 Å². The number of nitrogens with one attached hydrogen (secondary N) is 1. The van der Waals surface area contributed by atoms with E-state index in [-0.39, 0.29) is 0 Å². The Kier molecular flexibility index (Phi) is 5.87. The average Bonchev–Trinajstić information content (AvgIpc) is 2.60. The summed E-state index contributed by atoms with van der Waals surface area (Å²) in [5.74, 6) is 1.18. The van der Waals surface area contributed by atoms with Crippen LogP contribution in [0.3, 0.4) is 0 Å². The second-order valence-corrected chi connectivity index (χ2v) is 8.54. The fraction of sp³-hybridized carbons (Fsp3) is 0.647. The molecular weight excluding hydrogens is 300 g/mol. The maximum absolute atomic E-state index is 6.50. The van der Waals surface area contributed by atoms with Crippen LogP contribution in [0, 0.1) is 0 Å². The molecule has 1 unspecified atom stereocenters. The van der Waals surface area contributed by atoms with Crippen LogP contribution in [0.4, 0.5) is 5.69 Å². The summed E-state index contributed by atoms with van der Waals surface area (Å²) in [5.41, 5.74) is 2.44. The van der Waals surface area contributed by atoms with Crippen molar-refractivity contribution in [2.45, 2.75) is 44.9 Å². The molecule has 1 atom stereocenters. The molecule has 21 heavy (non-hydrogen) atoms. The Bertz CT molecular complexity index is 476. The number of anilines is 1. The SMILES string of the molecule is CCNC(C)c1ccc(N2CCSC(C)(C)CC2)cc1Cl. The molecule has 0 spiro atoms. The minimum atomic E-state index is 0.301. The van der Waals surface area contributed by atoms with Crippen molar-refractivity contribution in [2.24, 2.45) is 0 Å². The molecule has 118 valence electrons. The van der Waals surface area contributed by atoms with Crippen molar-refractivity contribution in [1.29, 1.82) is 0 Å². The number of thioether (sulfide) groups is 1. The fourth-order valence-electron chi connectivity index (χ4n) is 2.76. The van der Waals surface area contributed by atoms with E-state index in [1.54, 1.807) is 0 Å². The first kappa shape index (κ1) is 17.0. The highest BCUT2D eigenvalue weighted by molar-refractivity contribution is 8.00. The van der Waals surface area contributed by atoms with Crippen LogP contribution in [0.25, 0.3) is 0 Å². The highest BCUT2D eigenvalue weighted by atomic mass is 35.5. The van der Waals surface area contributed by atoms with Gasteiger partial charge in [0.2, 0.25) is 0 Å². The molecule has 2 rings (SSSR count). The van der Waals surface area contributed by atoms with Crippen LogP contribution in [0.2, 0.25) is 5.02 Å². The van der Waals surface area contributed by atoms with Crippen molar-refractivity contribution in [3.63, 3.8) is 0 Å².